The van der Waals surface area contributed by atoms with Crippen molar-refractivity contribution in [3.8, 4) is 17.6 Å². The Morgan fingerprint density at radius 2 is 1.69 bits per heavy atom. The van der Waals surface area contributed by atoms with Crippen molar-refractivity contribution >= 4 is 18.8 Å². The van der Waals surface area contributed by atoms with Crippen LogP contribution in [0.3, 0.4) is 0 Å². The van der Waals surface area contributed by atoms with E-state index in [1.54, 1.807) is 32.4 Å². The molecule has 1 rings (SSSR count). The minimum atomic E-state index is -0.472. The summed E-state index contributed by atoms with van der Waals surface area (Å²) >= 11 is -0.472. The minimum absolute atomic E-state index is 0. The number of halogens is 2. The Bertz CT molecular complexity index is 345. The third kappa shape index (κ3) is 6.19. The first-order chi connectivity index (χ1) is 7.23. The van der Waals surface area contributed by atoms with Gasteiger partial charge in [-0.2, -0.15) is 5.26 Å². The second kappa shape index (κ2) is 11.0. The van der Waals surface area contributed by atoms with Crippen LogP contribution in [-0.4, -0.2) is 14.2 Å². The zero-order chi connectivity index (χ0) is 11.7. The van der Waals surface area contributed by atoms with Gasteiger partial charge in [-0.25, -0.2) is 0 Å². The Morgan fingerprint density at radius 3 is 2.06 bits per heavy atom. The Morgan fingerprint density at radius 1 is 1.19 bits per heavy atom. The average molecular weight is 446 g/mol. The predicted octanol–water partition coefficient (Wildman–Crippen LogP) is 3.11. The van der Waals surface area contributed by atoms with Crippen molar-refractivity contribution in [3.63, 3.8) is 0 Å². The van der Waals surface area contributed by atoms with Crippen molar-refractivity contribution in [2.45, 2.75) is 0 Å². The van der Waals surface area contributed by atoms with Gasteiger partial charge in [0.1, 0.15) is 0 Å². The molecule has 16 heavy (non-hydrogen) atoms. The molecule has 0 aliphatic rings. The molecule has 0 atom stereocenters. The number of hydrogen-bond acceptors (Lipinski definition) is 4. The molecule has 0 spiro atoms. The molecule has 0 saturated carbocycles. The molecule has 0 saturated heterocycles. The Balaban J connectivity index is 0. The van der Waals surface area contributed by atoms with Crippen LogP contribution in [0, 0.1) is 11.3 Å². The number of hydrogen-bond donors (Lipinski definition) is 1. The summed E-state index contributed by atoms with van der Waals surface area (Å²) in [4.78, 5) is 0. The number of nitriles is 1. The zero-order valence-electron chi connectivity index (χ0n) is 8.78. The fourth-order valence-corrected chi connectivity index (χ4v) is 0.906. The van der Waals surface area contributed by atoms with Crippen molar-refractivity contribution < 1.29 is 26.0 Å². The van der Waals surface area contributed by atoms with Crippen LogP contribution in [-0.2, 0) is 16.5 Å². The van der Waals surface area contributed by atoms with E-state index in [1.807, 2.05) is 6.07 Å². The second-order valence-corrected chi connectivity index (χ2v) is 5.51. The first-order valence-electron chi connectivity index (χ1n) is 3.68. The van der Waals surface area contributed by atoms with Gasteiger partial charge in [0.15, 0.2) is 11.5 Å². The Labute approximate surface area is 111 Å². The van der Waals surface area contributed by atoms with Crippen LogP contribution >= 0.6 is 18.8 Å². The van der Waals surface area contributed by atoms with Gasteiger partial charge in [-0.05, 0) is 12.1 Å². The summed E-state index contributed by atoms with van der Waals surface area (Å²) in [5.41, 5.74) is 0.563. The van der Waals surface area contributed by atoms with E-state index in [-0.39, 0.29) is 6.15 Å². The first kappa shape index (κ1) is 17.9. The molecule has 0 unspecified atom stereocenters. The van der Waals surface area contributed by atoms with Crippen LogP contribution in [0.15, 0.2) is 18.2 Å². The standard InChI is InChI=1S/C9H9NO2.2ClH.H3N.Pt/c1-11-8-4-3-7(6-10)5-9(8)12-2;;;;/h3-5H,1-2H3;2*1H;1H3;/q;;;;+2/p-2. The molecule has 0 radical (unpaired) electrons. The third-order valence-corrected chi connectivity index (χ3v) is 1.51. The van der Waals surface area contributed by atoms with Crippen LogP contribution in [0.4, 0.5) is 0 Å². The van der Waals surface area contributed by atoms with E-state index in [0.717, 1.165) is 0 Å². The van der Waals surface area contributed by atoms with Crippen LogP contribution in [0.5, 0.6) is 11.5 Å². The van der Waals surface area contributed by atoms with Gasteiger partial charge in [0, 0.05) is 6.07 Å². The summed E-state index contributed by atoms with van der Waals surface area (Å²) in [6.45, 7) is 0. The molecule has 0 amide bonds. The van der Waals surface area contributed by atoms with Crippen LogP contribution in [0.2, 0.25) is 0 Å². The van der Waals surface area contributed by atoms with E-state index < -0.39 is 16.5 Å². The van der Waals surface area contributed by atoms with Crippen LogP contribution in [0.25, 0.3) is 0 Å². The van der Waals surface area contributed by atoms with Crippen LogP contribution in [0.1, 0.15) is 5.56 Å². The summed E-state index contributed by atoms with van der Waals surface area (Å²) in [6.07, 6.45) is 0. The van der Waals surface area contributed by atoms with Crippen molar-refractivity contribution in [1.29, 1.82) is 5.26 Å². The summed E-state index contributed by atoms with van der Waals surface area (Å²) in [7, 11) is 12.9. The Hall–Kier alpha value is -0.462. The quantitative estimate of drug-likeness (QED) is 0.758. The summed E-state index contributed by atoms with van der Waals surface area (Å²) < 4.78 is 10.0. The second-order valence-electron chi connectivity index (χ2n) is 2.23. The molecule has 1 aromatic rings. The van der Waals surface area contributed by atoms with Gasteiger partial charge in [0.25, 0.3) is 0 Å². The van der Waals surface area contributed by atoms with Gasteiger partial charge in [-0.15, -0.1) is 0 Å². The molecule has 0 aliphatic heterocycles. The van der Waals surface area contributed by atoms with Gasteiger partial charge in [0.05, 0.1) is 25.9 Å². The van der Waals surface area contributed by atoms with Crippen molar-refractivity contribution in [2.75, 3.05) is 14.2 Å². The molecule has 0 fully saturated rings. The number of ether oxygens (including phenoxy) is 2. The number of rotatable bonds is 2. The molecular formula is C9H12Cl2N2O2Pt. The van der Waals surface area contributed by atoms with Gasteiger partial charge in [-0.3, -0.25) is 0 Å². The number of benzene rings is 1. The number of nitrogens with zero attached hydrogens (tertiary/aromatic N) is 1. The van der Waals surface area contributed by atoms with Gasteiger partial charge in [-0.1, -0.05) is 0 Å². The maximum atomic E-state index is 8.57. The summed E-state index contributed by atoms with van der Waals surface area (Å²) in [6, 6.07) is 7.04. The predicted molar refractivity (Wildman–Crippen MR) is 61.0 cm³/mol. The van der Waals surface area contributed by atoms with E-state index in [0.29, 0.717) is 17.1 Å². The average Bonchev–Trinajstić information content (AvgIpc) is 2.29. The molecule has 0 heterocycles. The molecule has 7 heteroatoms. The topological polar surface area (TPSA) is 77.2 Å². The molecule has 1 aromatic carbocycles. The molecule has 0 bridgehead atoms. The molecule has 0 aliphatic carbocycles. The number of methoxy groups -OCH3 is 2. The van der Waals surface area contributed by atoms with E-state index in [9.17, 15) is 0 Å². The van der Waals surface area contributed by atoms with Crippen molar-refractivity contribution in [2.24, 2.45) is 0 Å². The van der Waals surface area contributed by atoms with Crippen LogP contribution < -0.4 is 15.6 Å². The monoisotopic (exact) mass is 445 g/mol. The summed E-state index contributed by atoms with van der Waals surface area (Å²) in [5.74, 6) is 1.22. The molecule has 0 aromatic heterocycles. The van der Waals surface area contributed by atoms with Gasteiger partial charge in [0.2, 0.25) is 0 Å². The maximum absolute atomic E-state index is 8.57. The SMILES string of the molecule is COc1ccc(C#N)cc1OC.N.[Cl][Pt][Cl]. The zero-order valence-corrected chi connectivity index (χ0v) is 12.6. The van der Waals surface area contributed by atoms with Gasteiger partial charge < -0.3 is 15.6 Å². The Kier molecular flexibility index (Phi) is 12.4. The first-order valence-corrected chi connectivity index (χ1v) is 9.31. The van der Waals surface area contributed by atoms with E-state index in [4.69, 9.17) is 33.6 Å². The van der Waals surface area contributed by atoms with Gasteiger partial charge >= 0.3 is 35.3 Å². The summed E-state index contributed by atoms with van der Waals surface area (Å²) in [5, 5.41) is 8.57. The fourth-order valence-electron chi connectivity index (χ4n) is 0.906. The molecule has 94 valence electrons. The van der Waals surface area contributed by atoms with E-state index in [2.05, 4.69) is 0 Å². The fraction of sp³-hybridized carbons (Fsp3) is 0.222. The molecule has 3 N–H and O–H groups in total. The normalized spacial score (nSPS) is 7.94. The molecular weight excluding hydrogens is 434 g/mol. The van der Waals surface area contributed by atoms with Crippen molar-refractivity contribution in [3.05, 3.63) is 23.8 Å². The van der Waals surface area contributed by atoms with E-state index in [1.165, 1.54) is 0 Å². The van der Waals surface area contributed by atoms with Crippen molar-refractivity contribution in [1.82, 2.24) is 6.15 Å². The van der Waals surface area contributed by atoms with E-state index >= 15 is 0 Å². The third-order valence-electron chi connectivity index (χ3n) is 1.51. The molecule has 4 nitrogen and oxygen atoms in total.